The number of carbonyl (C=O) groups is 1. The summed E-state index contributed by atoms with van der Waals surface area (Å²) in [7, 11) is -3.24. The number of ketones is 1. The van der Waals surface area contributed by atoms with Crippen LogP contribution in [0.15, 0.2) is 47.9 Å². The van der Waals surface area contributed by atoms with E-state index in [2.05, 4.69) is 5.32 Å². The van der Waals surface area contributed by atoms with Crippen LogP contribution in [-0.2, 0) is 15.4 Å². The molecule has 4 nitrogen and oxygen atoms in total. The Morgan fingerprint density at radius 1 is 1.19 bits per heavy atom. The van der Waals surface area contributed by atoms with Crippen molar-refractivity contribution in [2.45, 2.75) is 45.1 Å². The monoisotopic (exact) mass is 447 g/mol. The number of allylic oxidation sites excluding steroid dienone is 1. The number of hydrogen-bond acceptors (Lipinski definition) is 4. The highest BCUT2D eigenvalue weighted by Gasteiger charge is 2.45. The summed E-state index contributed by atoms with van der Waals surface area (Å²) in [6.45, 7) is 3.75. The Bertz CT molecular complexity index is 1120. The molecule has 0 bridgehead atoms. The summed E-state index contributed by atoms with van der Waals surface area (Å²) in [5.41, 5.74) is 1.48. The van der Waals surface area contributed by atoms with Crippen LogP contribution in [0.1, 0.15) is 54.1 Å². The zero-order chi connectivity index (χ0) is 22.8. The van der Waals surface area contributed by atoms with E-state index in [1.54, 1.807) is 6.92 Å². The molecule has 1 aliphatic carbocycles. The van der Waals surface area contributed by atoms with E-state index in [0.29, 0.717) is 6.42 Å². The van der Waals surface area contributed by atoms with Crippen LogP contribution < -0.4 is 5.32 Å². The lowest BCUT2D eigenvalue weighted by molar-refractivity contribution is 0.0972. The molecule has 0 saturated heterocycles. The summed E-state index contributed by atoms with van der Waals surface area (Å²) >= 11 is 0. The highest BCUT2D eigenvalue weighted by Crippen LogP contribution is 2.49. The molecule has 31 heavy (non-hydrogen) atoms. The van der Waals surface area contributed by atoms with Gasteiger partial charge in [-0.3, -0.25) is 4.79 Å². The minimum Gasteiger partial charge on any atom is -0.373 e. The third kappa shape index (κ3) is 5.79. The van der Waals surface area contributed by atoms with Gasteiger partial charge >= 0.3 is 0 Å². The van der Waals surface area contributed by atoms with Crippen molar-refractivity contribution in [1.82, 2.24) is 0 Å². The van der Waals surface area contributed by atoms with Gasteiger partial charge in [0.15, 0.2) is 15.6 Å². The summed E-state index contributed by atoms with van der Waals surface area (Å²) in [6, 6.07) is 9.84. The zero-order valence-corrected chi connectivity index (χ0v) is 18.7. The lowest BCUT2D eigenvalue weighted by atomic mass is 9.97. The molecule has 0 amide bonds. The fraction of sp³-hybridized carbons (Fsp3) is 0.375. The van der Waals surface area contributed by atoms with Gasteiger partial charge in [-0.25, -0.2) is 17.2 Å². The molecule has 2 aromatic carbocycles. The molecule has 0 heterocycles. The number of nitrogens with one attached hydrogen (secondary N) is 1. The molecule has 7 heteroatoms. The van der Waals surface area contributed by atoms with Crippen LogP contribution in [0.4, 0.5) is 14.5 Å². The fourth-order valence-corrected chi connectivity index (χ4v) is 4.23. The maximum absolute atomic E-state index is 14.8. The summed E-state index contributed by atoms with van der Waals surface area (Å²) in [5, 5.41) is 4.24. The SMILES string of the molecule is Cc1ccccc1C1(Nc2cc(F)c(C(=O)CC[C@H](C)/C=C/S(C)(=O)=O)cc2F)CC1. The summed E-state index contributed by atoms with van der Waals surface area (Å²) < 4.78 is 51.8. The molecule has 2 aromatic rings. The molecule has 0 radical (unpaired) electrons. The second-order valence-electron chi connectivity index (χ2n) is 8.43. The van der Waals surface area contributed by atoms with Crippen molar-refractivity contribution in [2.24, 2.45) is 5.92 Å². The Kier molecular flexibility index (Phi) is 6.65. The van der Waals surface area contributed by atoms with Gasteiger partial charge in [-0.2, -0.15) is 0 Å². The molecule has 1 N–H and O–H groups in total. The van der Waals surface area contributed by atoms with Crippen LogP contribution in [-0.4, -0.2) is 20.5 Å². The van der Waals surface area contributed by atoms with Gasteiger partial charge in [-0.05, 0) is 49.3 Å². The van der Waals surface area contributed by atoms with Crippen LogP contribution in [0, 0.1) is 24.5 Å². The molecule has 0 aromatic heterocycles. The van der Waals surface area contributed by atoms with Gasteiger partial charge in [-0.15, -0.1) is 0 Å². The van der Waals surface area contributed by atoms with E-state index in [1.165, 1.54) is 6.08 Å². The number of rotatable bonds is 9. The number of Topliss-reactive ketones (excluding diaryl/α,β-unsaturated/α-hetero) is 1. The van der Waals surface area contributed by atoms with Crippen LogP contribution in [0.2, 0.25) is 0 Å². The summed E-state index contributed by atoms with van der Waals surface area (Å²) in [6.07, 6.45) is 4.54. The first-order valence-electron chi connectivity index (χ1n) is 10.3. The van der Waals surface area contributed by atoms with Crippen LogP contribution in [0.3, 0.4) is 0 Å². The molecule has 1 aliphatic rings. The van der Waals surface area contributed by atoms with Gasteiger partial charge < -0.3 is 5.32 Å². The zero-order valence-electron chi connectivity index (χ0n) is 17.9. The molecule has 0 aliphatic heterocycles. The van der Waals surface area contributed by atoms with Gasteiger partial charge in [-0.1, -0.05) is 37.3 Å². The van der Waals surface area contributed by atoms with Crippen LogP contribution in [0.25, 0.3) is 0 Å². The first-order chi connectivity index (χ1) is 14.5. The first kappa shape index (κ1) is 23.1. The Balaban J connectivity index is 1.71. The van der Waals surface area contributed by atoms with Crippen molar-refractivity contribution in [3.8, 4) is 0 Å². The first-order valence-corrected chi connectivity index (χ1v) is 12.2. The molecule has 1 saturated carbocycles. The third-order valence-corrected chi connectivity index (χ3v) is 6.27. The maximum atomic E-state index is 14.8. The topological polar surface area (TPSA) is 63.2 Å². The predicted molar refractivity (Wildman–Crippen MR) is 119 cm³/mol. The van der Waals surface area contributed by atoms with Crippen molar-refractivity contribution >= 4 is 21.3 Å². The Hall–Kier alpha value is -2.54. The van der Waals surface area contributed by atoms with Crippen molar-refractivity contribution in [1.29, 1.82) is 0 Å². The average molecular weight is 448 g/mol. The Morgan fingerprint density at radius 3 is 2.48 bits per heavy atom. The van der Waals surface area contributed by atoms with E-state index in [1.807, 2.05) is 31.2 Å². The van der Waals surface area contributed by atoms with Gasteiger partial charge in [0.1, 0.15) is 11.6 Å². The molecular formula is C24H27F2NO3S. The van der Waals surface area contributed by atoms with E-state index < -0.39 is 32.8 Å². The van der Waals surface area contributed by atoms with Crippen molar-refractivity contribution < 1.29 is 22.0 Å². The molecule has 166 valence electrons. The second-order valence-corrected chi connectivity index (χ2v) is 10.4. The van der Waals surface area contributed by atoms with Crippen molar-refractivity contribution in [2.75, 3.05) is 11.6 Å². The number of halogens is 2. The minimum absolute atomic E-state index is 0.00838. The van der Waals surface area contributed by atoms with E-state index in [0.717, 1.165) is 47.8 Å². The number of anilines is 1. The second kappa shape index (κ2) is 8.91. The normalized spacial score (nSPS) is 16.3. The van der Waals surface area contributed by atoms with E-state index in [9.17, 15) is 22.0 Å². The minimum atomic E-state index is -3.24. The van der Waals surface area contributed by atoms with Crippen LogP contribution >= 0.6 is 0 Å². The highest BCUT2D eigenvalue weighted by atomic mass is 32.2. The predicted octanol–water partition coefficient (Wildman–Crippen LogP) is 5.53. The highest BCUT2D eigenvalue weighted by molar-refractivity contribution is 7.93. The fourth-order valence-electron chi connectivity index (χ4n) is 3.68. The van der Waals surface area contributed by atoms with E-state index >= 15 is 0 Å². The average Bonchev–Trinajstić information content (AvgIpc) is 3.47. The smallest absolute Gasteiger partial charge is 0.168 e. The van der Waals surface area contributed by atoms with E-state index in [-0.39, 0.29) is 23.6 Å². The van der Waals surface area contributed by atoms with Gasteiger partial charge in [0.25, 0.3) is 0 Å². The largest absolute Gasteiger partial charge is 0.373 e. The number of hydrogen-bond donors (Lipinski definition) is 1. The summed E-state index contributed by atoms with van der Waals surface area (Å²) in [4.78, 5) is 12.4. The van der Waals surface area contributed by atoms with Crippen LogP contribution in [0.5, 0.6) is 0 Å². The number of benzene rings is 2. The van der Waals surface area contributed by atoms with Crippen molar-refractivity contribution in [3.63, 3.8) is 0 Å². The molecule has 3 rings (SSSR count). The molecule has 0 unspecified atom stereocenters. The number of carbonyl (C=O) groups excluding carboxylic acids is 1. The van der Waals surface area contributed by atoms with Gasteiger partial charge in [0.05, 0.1) is 16.8 Å². The van der Waals surface area contributed by atoms with E-state index in [4.69, 9.17) is 0 Å². The van der Waals surface area contributed by atoms with Crippen molar-refractivity contribution in [3.05, 3.63) is 76.2 Å². The lowest BCUT2D eigenvalue weighted by Gasteiger charge is -2.22. The number of sulfone groups is 1. The quantitative estimate of drug-likeness (QED) is 0.513. The molecule has 0 spiro atoms. The molecule has 1 fully saturated rings. The Labute approximate surface area is 182 Å². The maximum Gasteiger partial charge on any atom is 0.168 e. The Morgan fingerprint density at radius 2 is 1.87 bits per heavy atom. The summed E-state index contributed by atoms with van der Waals surface area (Å²) in [5.74, 6) is -2.14. The third-order valence-electron chi connectivity index (χ3n) is 5.62. The van der Waals surface area contributed by atoms with Gasteiger partial charge in [0, 0.05) is 24.2 Å². The lowest BCUT2D eigenvalue weighted by Crippen LogP contribution is -2.21. The molecular weight excluding hydrogens is 420 g/mol. The molecule has 1 atom stereocenters. The number of aryl methyl sites for hydroxylation is 1. The van der Waals surface area contributed by atoms with Gasteiger partial charge in [0.2, 0.25) is 0 Å². The standard InChI is InChI=1S/C24H27F2NO3S/c1-16(10-13-31(3,29)30)8-9-23(28)18-14-21(26)22(15-20(18)25)27-24(11-12-24)19-7-5-4-6-17(19)2/h4-7,10,13-16,27H,8-9,11-12H2,1-3H3/b13-10+/t16-/m0/s1.